The van der Waals surface area contributed by atoms with E-state index in [1.165, 1.54) is 12.1 Å². The first-order valence-electron chi connectivity index (χ1n) is 9.61. The average Bonchev–Trinajstić information content (AvgIpc) is 2.63. The number of hydrogen-bond donors (Lipinski definition) is 0. The van der Waals surface area contributed by atoms with Gasteiger partial charge in [-0.3, -0.25) is 0 Å². The highest BCUT2D eigenvalue weighted by Crippen LogP contribution is 2.33. The third-order valence-corrected chi connectivity index (χ3v) is 7.59. The Bertz CT molecular complexity index is 914. The number of hydrogen-bond acceptors (Lipinski definition) is 2. The van der Waals surface area contributed by atoms with Crippen molar-refractivity contribution in [2.45, 2.75) is 50.8 Å². The lowest BCUT2D eigenvalue weighted by atomic mass is 9.84. The Balaban J connectivity index is 1.89. The van der Waals surface area contributed by atoms with Gasteiger partial charge in [0, 0.05) is 11.6 Å². The Hall–Kier alpha value is -1.75. The molecule has 0 radical (unpaired) electrons. The molecule has 0 aromatic heterocycles. The van der Waals surface area contributed by atoms with Crippen LogP contribution in [0.4, 0.5) is 8.78 Å². The fraction of sp³-hybridized carbons (Fsp3) is 0.455. The Morgan fingerprint density at radius 2 is 1.70 bits per heavy atom. The van der Waals surface area contributed by atoms with E-state index in [-0.39, 0.29) is 17.2 Å². The Kier molecular flexibility index (Phi) is 5.99. The van der Waals surface area contributed by atoms with E-state index in [0.717, 1.165) is 31.7 Å². The van der Waals surface area contributed by atoms with Gasteiger partial charge in [0.1, 0.15) is 11.6 Å². The lowest BCUT2D eigenvalue weighted by molar-refractivity contribution is 0.308. The molecule has 146 valence electrons. The van der Waals surface area contributed by atoms with Crippen LogP contribution in [0.5, 0.6) is 0 Å². The predicted molar refractivity (Wildman–Crippen MR) is 104 cm³/mol. The van der Waals surface area contributed by atoms with E-state index in [1.54, 1.807) is 18.2 Å². The lowest BCUT2D eigenvalue weighted by Crippen LogP contribution is -2.22. The average molecular weight is 393 g/mol. The van der Waals surface area contributed by atoms with E-state index in [2.05, 4.69) is 6.92 Å². The molecule has 1 saturated carbocycles. The van der Waals surface area contributed by atoms with Crippen molar-refractivity contribution in [3.05, 3.63) is 53.6 Å². The van der Waals surface area contributed by atoms with Crippen LogP contribution in [0.2, 0.25) is 0 Å². The number of sulfone groups is 1. The standard InChI is InChI=1S/C22H26F2O2S/c1-3-17-12-18(20-10-9-19(23)13-21(20)24)8-11-22(17)27(25,26)14-16-6-4-15(2)5-7-16/h8-13,15-16H,3-7,14H2,1-2H3. The van der Waals surface area contributed by atoms with Crippen molar-refractivity contribution in [2.75, 3.05) is 5.75 Å². The molecule has 27 heavy (non-hydrogen) atoms. The summed E-state index contributed by atoms with van der Waals surface area (Å²) in [5.74, 6) is -0.209. The van der Waals surface area contributed by atoms with Gasteiger partial charge in [-0.05, 0) is 66.5 Å². The first-order valence-corrected chi connectivity index (χ1v) is 11.3. The molecule has 1 fully saturated rings. The molecule has 0 spiro atoms. The Morgan fingerprint density at radius 3 is 2.33 bits per heavy atom. The molecule has 0 saturated heterocycles. The van der Waals surface area contributed by atoms with Crippen molar-refractivity contribution in [3.8, 4) is 11.1 Å². The minimum Gasteiger partial charge on any atom is -0.224 e. The zero-order chi connectivity index (χ0) is 19.6. The van der Waals surface area contributed by atoms with Gasteiger partial charge < -0.3 is 0 Å². The van der Waals surface area contributed by atoms with Crippen LogP contribution in [0.1, 0.15) is 45.1 Å². The van der Waals surface area contributed by atoms with E-state index >= 15 is 0 Å². The van der Waals surface area contributed by atoms with Crippen LogP contribution in [-0.2, 0) is 16.3 Å². The van der Waals surface area contributed by atoms with Gasteiger partial charge in [-0.2, -0.15) is 0 Å². The van der Waals surface area contributed by atoms with Crippen LogP contribution in [0, 0.1) is 23.5 Å². The topological polar surface area (TPSA) is 34.1 Å². The van der Waals surface area contributed by atoms with Crippen LogP contribution in [0.15, 0.2) is 41.3 Å². The molecule has 0 atom stereocenters. The molecule has 1 aliphatic rings. The maximum Gasteiger partial charge on any atom is 0.178 e. The maximum absolute atomic E-state index is 14.1. The van der Waals surface area contributed by atoms with Gasteiger partial charge in [0.15, 0.2) is 9.84 Å². The van der Waals surface area contributed by atoms with Crippen LogP contribution >= 0.6 is 0 Å². The summed E-state index contributed by atoms with van der Waals surface area (Å²) in [6.07, 6.45) is 4.63. The van der Waals surface area contributed by atoms with Crippen molar-refractivity contribution in [1.29, 1.82) is 0 Å². The molecule has 1 aliphatic carbocycles. The van der Waals surface area contributed by atoms with Gasteiger partial charge in [0.25, 0.3) is 0 Å². The van der Waals surface area contributed by atoms with Gasteiger partial charge in [0.05, 0.1) is 10.6 Å². The third-order valence-electron chi connectivity index (χ3n) is 5.61. The summed E-state index contributed by atoms with van der Waals surface area (Å²) in [4.78, 5) is 0.342. The van der Waals surface area contributed by atoms with Gasteiger partial charge in [0.2, 0.25) is 0 Å². The van der Waals surface area contributed by atoms with E-state index in [4.69, 9.17) is 0 Å². The third kappa shape index (κ3) is 4.57. The molecule has 3 rings (SSSR count). The summed E-state index contributed by atoms with van der Waals surface area (Å²) in [6.45, 7) is 4.11. The monoisotopic (exact) mass is 392 g/mol. The second-order valence-corrected chi connectivity index (χ2v) is 9.71. The van der Waals surface area contributed by atoms with Crippen molar-refractivity contribution in [1.82, 2.24) is 0 Å². The normalized spacial score (nSPS) is 20.6. The van der Waals surface area contributed by atoms with Crippen LogP contribution in [-0.4, -0.2) is 14.2 Å². The summed E-state index contributed by atoms with van der Waals surface area (Å²) in [5.41, 5.74) is 1.52. The largest absolute Gasteiger partial charge is 0.224 e. The molecule has 0 aliphatic heterocycles. The maximum atomic E-state index is 14.1. The lowest BCUT2D eigenvalue weighted by Gasteiger charge is -2.26. The van der Waals surface area contributed by atoms with E-state index in [0.29, 0.717) is 28.4 Å². The molecule has 2 aromatic carbocycles. The molecule has 0 unspecified atom stereocenters. The van der Waals surface area contributed by atoms with E-state index in [1.807, 2.05) is 6.92 Å². The van der Waals surface area contributed by atoms with Crippen molar-refractivity contribution in [3.63, 3.8) is 0 Å². The fourth-order valence-electron chi connectivity index (χ4n) is 3.95. The molecular weight excluding hydrogens is 366 g/mol. The molecule has 2 aromatic rings. The van der Waals surface area contributed by atoms with E-state index < -0.39 is 21.5 Å². The summed E-state index contributed by atoms with van der Waals surface area (Å²) >= 11 is 0. The van der Waals surface area contributed by atoms with Gasteiger partial charge >= 0.3 is 0 Å². The summed E-state index contributed by atoms with van der Waals surface area (Å²) in [5, 5.41) is 0. The molecule has 0 N–H and O–H groups in total. The highest BCUT2D eigenvalue weighted by atomic mass is 32.2. The zero-order valence-corrected chi connectivity index (χ0v) is 16.7. The number of rotatable bonds is 5. The molecule has 0 heterocycles. The van der Waals surface area contributed by atoms with Gasteiger partial charge in [-0.1, -0.05) is 32.8 Å². The predicted octanol–water partition coefficient (Wildman–Crippen LogP) is 5.79. The minimum atomic E-state index is -3.39. The van der Waals surface area contributed by atoms with Crippen LogP contribution < -0.4 is 0 Å². The van der Waals surface area contributed by atoms with E-state index in [9.17, 15) is 17.2 Å². The highest BCUT2D eigenvalue weighted by Gasteiger charge is 2.26. The summed E-state index contributed by atoms with van der Waals surface area (Å²) in [6, 6.07) is 8.35. The quantitative estimate of drug-likeness (QED) is 0.645. The first kappa shape index (κ1) is 20.0. The number of aryl methyl sites for hydroxylation is 1. The summed E-state index contributed by atoms with van der Waals surface area (Å²) < 4.78 is 53.2. The second kappa shape index (κ2) is 8.09. The van der Waals surface area contributed by atoms with Gasteiger partial charge in [-0.25, -0.2) is 17.2 Å². The number of benzene rings is 2. The van der Waals surface area contributed by atoms with Crippen LogP contribution in [0.25, 0.3) is 11.1 Å². The molecule has 2 nitrogen and oxygen atoms in total. The molecule has 0 bridgehead atoms. The smallest absolute Gasteiger partial charge is 0.178 e. The van der Waals surface area contributed by atoms with Crippen molar-refractivity contribution < 1.29 is 17.2 Å². The molecule has 0 amide bonds. The van der Waals surface area contributed by atoms with Crippen molar-refractivity contribution in [2.24, 2.45) is 11.8 Å². The zero-order valence-electron chi connectivity index (χ0n) is 15.8. The fourth-order valence-corrected chi connectivity index (χ4v) is 5.96. The number of halogens is 2. The second-order valence-electron chi connectivity index (χ2n) is 7.71. The van der Waals surface area contributed by atoms with Crippen LogP contribution in [0.3, 0.4) is 0 Å². The first-order chi connectivity index (χ1) is 12.8. The SMILES string of the molecule is CCc1cc(-c2ccc(F)cc2F)ccc1S(=O)(=O)CC1CCC(C)CC1. The highest BCUT2D eigenvalue weighted by molar-refractivity contribution is 7.91. The van der Waals surface area contributed by atoms with Gasteiger partial charge in [-0.15, -0.1) is 0 Å². The van der Waals surface area contributed by atoms with Crippen molar-refractivity contribution >= 4 is 9.84 Å². The molecular formula is C22H26F2O2S. The Morgan fingerprint density at radius 1 is 1.00 bits per heavy atom. The summed E-state index contributed by atoms with van der Waals surface area (Å²) in [7, 11) is -3.39. The Labute approximate surface area is 160 Å². The molecule has 5 heteroatoms. The minimum absolute atomic E-state index is 0.178.